The molecular weight excluding hydrogens is 166 g/mol. The molecule has 0 atom stereocenters. The molecule has 0 radical (unpaired) electrons. The van der Waals surface area contributed by atoms with Crippen LogP contribution in [0.2, 0.25) is 0 Å². The molecule has 0 aromatic heterocycles. The fraction of sp³-hybridized carbons (Fsp3) is 0.900. The maximum atomic E-state index is 10.2. The fourth-order valence-corrected chi connectivity index (χ4v) is 1.68. The Morgan fingerprint density at radius 1 is 1.46 bits per heavy atom. The van der Waals surface area contributed by atoms with Crippen molar-refractivity contribution in [2.45, 2.75) is 51.0 Å². The van der Waals surface area contributed by atoms with Crippen LogP contribution in [0.1, 0.15) is 45.4 Å². The van der Waals surface area contributed by atoms with Crippen molar-refractivity contribution in [3.8, 4) is 0 Å². The quantitative estimate of drug-likeness (QED) is 0.620. The Morgan fingerprint density at radius 3 is 2.62 bits per heavy atom. The number of carboxylic acids is 1. The van der Waals surface area contributed by atoms with Crippen LogP contribution >= 0.6 is 0 Å². The van der Waals surface area contributed by atoms with Gasteiger partial charge in [-0.2, -0.15) is 0 Å². The molecule has 2 N–H and O–H groups in total. The minimum atomic E-state index is -0.685. The Morgan fingerprint density at radius 2 is 2.15 bits per heavy atom. The van der Waals surface area contributed by atoms with Crippen LogP contribution in [-0.2, 0) is 4.79 Å². The van der Waals surface area contributed by atoms with E-state index in [4.69, 9.17) is 5.11 Å². The van der Waals surface area contributed by atoms with E-state index >= 15 is 0 Å². The number of carbonyl (C=O) groups is 1. The van der Waals surface area contributed by atoms with Gasteiger partial charge in [0.25, 0.3) is 0 Å². The van der Waals surface area contributed by atoms with Crippen LogP contribution in [0.4, 0.5) is 0 Å². The summed E-state index contributed by atoms with van der Waals surface area (Å²) >= 11 is 0. The van der Waals surface area contributed by atoms with E-state index in [0.717, 1.165) is 19.4 Å². The molecule has 13 heavy (non-hydrogen) atoms. The van der Waals surface area contributed by atoms with E-state index in [1.165, 1.54) is 19.3 Å². The molecule has 1 aliphatic carbocycles. The molecule has 3 heteroatoms. The van der Waals surface area contributed by atoms with Gasteiger partial charge in [0.05, 0.1) is 0 Å². The first-order valence-corrected chi connectivity index (χ1v) is 5.09. The highest BCUT2D eigenvalue weighted by Gasteiger charge is 2.30. The van der Waals surface area contributed by atoms with Crippen molar-refractivity contribution in [3.63, 3.8) is 0 Å². The van der Waals surface area contributed by atoms with E-state index in [1.54, 1.807) is 0 Å². The molecule has 0 aromatic carbocycles. The molecule has 76 valence electrons. The van der Waals surface area contributed by atoms with Crippen LogP contribution in [0, 0.1) is 0 Å². The van der Waals surface area contributed by atoms with Gasteiger partial charge < -0.3 is 10.4 Å². The average Bonchev–Trinajstić information content (AvgIpc) is 2.00. The largest absolute Gasteiger partial charge is 0.481 e. The van der Waals surface area contributed by atoms with Gasteiger partial charge in [0.1, 0.15) is 0 Å². The summed E-state index contributed by atoms with van der Waals surface area (Å²) in [4.78, 5) is 10.2. The second-order valence-electron chi connectivity index (χ2n) is 4.19. The van der Waals surface area contributed by atoms with Gasteiger partial charge in [0, 0.05) is 12.0 Å². The standard InChI is InChI=1S/C10H19NO2/c1-10(6-4-7-10)11-8-3-2-5-9(12)13/h11H,2-8H2,1H3,(H,12,13). The predicted molar refractivity (Wildman–Crippen MR) is 51.7 cm³/mol. The monoisotopic (exact) mass is 185 g/mol. The molecular formula is C10H19NO2. The summed E-state index contributed by atoms with van der Waals surface area (Å²) in [5.74, 6) is -0.685. The lowest BCUT2D eigenvalue weighted by atomic mass is 9.78. The van der Waals surface area contributed by atoms with E-state index in [1.807, 2.05) is 0 Å². The molecule has 1 fully saturated rings. The third-order valence-electron chi connectivity index (χ3n) is 2.83. The summed E-state index contributed by atoms with van der Waals surface area (Å²) in [5, 5.41) is 11.9. The van der Waals surface area contributed by atoms with Crippen LogP contribution in [0.3, 0.4) is 0 Å². The molecule has 0 aromatic rings. The van der Waals surface area contributed by atoms with E-state index in [2.05, 4.69) is 12.2 Å². The van der Waals surface area contributed by atoms with Gasteiger partial charge in [-0.3, -0.25) is 4.79 Å². The zero-order chi connectivity index (χ0) is 9.73. The topological polar surface area (TPSA) is 49.3 Å². The van der Waals surface area contributed by atoms with Gasteiger partial charge in [-0.1, -0.05) is 0 Å². The summed E-state index contributed by atoms with van der Waals surface area (Å²) in [5.41, 5.74) is 0.364. The summed E-state index contributed by atoms with van der Waals surface area (Å²) < 4.78 is 0. The number of aliphatic carboxylic acids is 1. The molecule has 0 amide bonds. The van der Waals surface area contributed by atoms with Gasteiger partial charge in [0.2, 0.25) is 0 Å². The van der Waals surface area contributed by atoms with Crippen molar-refractivity contribution < 1.29 is 9.90 Å². The molecule has 3 nitrogen and oxygen atoms in total. The van der Waals surface area contributed by atoms with Crippen molar-refractivity contribution in [1.82, 2.24) is 5.32 Å². The van der Waals surface area contributed by atoms with Gasteiger partial charge in [0.15, 0.2) is 0 Å². The number of carboxylic acid groups (broad SMARTS) is 1. The molecule has 1 rings (SSSR count). The minimum Gasteiger partial charge on any atom is -0.481 e. The molecule has 0 spiro atoms. The molecule has 0 bridgehead atoms. The lowest BCUT2D eigenvalue weighted by molar-refractivity contribution is -0.137. The van der Waals surface area contributed by atoms with E-state index in [9.17, 15) is 4.79 Å². The third-order valence-corrected chi connectivity index (χ3v) is 2.83. The first-order valence-electron chi connectivity index (χ1n) is 5.09. The van der Waals surface area contributed by atoms with Gasteiger partial charge in [-0.05, 0) is 45.6 Å². The summed E-state index contributed by atoms with van der Waals surface area (Å²) in [6.07, 6.45) is 5.94. The highest BCUT2D eigenvalue weighted by Crippen LogP contribution is 2.30. The summed E-state index contributed by atoms with van der Waals surface area (Å²) in [6, 6.07) is 0. The van der Waals surface area contributed by atoms with Crippen molar-refractivity contribution >= 4 is 5.97 Å². The smallest absolute Gasteiger partial charge is 0.303 e. The van der Waals surface area contributed by atoms with Crippen molar-refractivity contribution in [2.24, 2.45) is 0 Å². The average molecular weight is 185 g/mol. The Kier molecular flexibility index (Phi) is 3.72. The first kappa shape index (κ1) is 10.5. The number of nitrogens with one attached hydrogen (secondary N) is 1. The normalized spacial score (nSPS) is 19.5. The van der Waals surface area contributed by atoms with E-state index in [-0.39, 0.29) is 0 Å². The molecule has 0 aliphatic heterocycles. The fourth-order valence-electron chi connectivity index (χ4n) is 1.68. The lowest BCUT2D eigenvalue weighted by Gasteiger charge is -2.39. The van der Waals surface area contributed by atoms with Crippen molar-refractivity contribution in [3.05, 3.63) is 0 Å². The van der Waals surface area contributed by atoms with Crippen LogP contribution in [-0.4, -0.2) is 23.2 Å². The Labute approximate surface area is 79.5 Å². The number of unbranched alkanes of at least 4 members (excludes halogenated alkanes) is 1. The first-order chi connectivity index (χ1) is 6.12. The van der Waals surface area contributed by atoms with Gasteiger partial charge in [-0.15, -0.1) is 0 Å². The zero-order valence-electron chi connectivity index (χ0n) is 8.31. The second kappa shape index (κ2) is 4.61. The maximum absolute atomic E-state index is 10.2. The number of hydrogen-bond donors (Lipinski definition) is 2. The highest BCUT2D eigenvalue weighted by atomic mass is 16.4. The van der Waals surface area contributed by atoms with Crippen LogP contribution in [0.5, 0.6) is 0 Å². The lowest BCUT2D eigenvalue weighted by Crippen LogP contribution is -2.48. The number of rotatable bonds is 6. The molecule has 1 saturated carbocycles. The molecule has 0 saturated heterocycles. The van der Waals surface area contributed by atoms with Crippen LogP contribution in [0.15, 0.2) is 0 Å². The third kappa shape index (κ3) is 3.77. The van der Waals surface area contributed by atoms with Crippen LogP contribution < -0.4 is 5.32 Å². The zero-order valence-corrected chi connectivity index (χ0v) is 8.31. The summed E-state index contributed by atoms with van der Waals surface area (Å²) in [6.45, 7) is 3.21. The predicted octanol–water partition coefficient (Wildman–Crippen LogP) is 1.77. The van der Waals surface area contributed by atoms with Crippen molar-refractivity contribution in [1.29, 1.82) is 0 Å². The van der Waals surface area contributed by atoms with Crippen LogP contribution in [0.25, 0.3) is 0 Å². The van der Waals surface area contributed by atoms with E-state index in [0.29, 0.717) is 12.0 Å². The van der Waals surface area contributed by atoms with Gasteiger partial charge >= 0.3 is 5.97 Å². The second-order valence-corrected chi connectivity index (χ2v) is 4.19. The number of hydrogen-bond acceptors (Lipinski definition) is 2. The van der Waals surface area contributed by atoms with E-state index < -0.39 is 5.97 Å². The van der Waals surface area contributed by atoms with Gasteiger partial charge in [-0.25, -0.2) is 0 Å². The Balaban J connectivity index is 1.92. The molecule has 0 unspecified atom stereocenters. The maximum Gasteiger partial charge on any atom is 0.303 e. The molecule has 1 aliphatic rings. The van der Waals surface area contributed by atoms with Crippen molar-refractivity contribution in [2.75, 3.05) is 6.54 Å². The SMILES string of the molecule is CC1(NCCCCC(=O)O)CCC1. The Bertz CT molecular complexity index is 176. The Hall–Kier alpha value is -0.570. The summed E-state index contributed by atoms with van der Waals surface area (Å²) in [7, 11) is 0. The molecule has 0 heterocycles. The highest BCUT2D eigenvalue weighted by molar-refractivity contribution is 5.66. The minimum absolute atomic E-state index is 0.304.